The lowest BCUT2D eigenvalue weighted by Crippen LogP contribution is -2.46. The van der Waals surface area contributed by atoms with E-state index in [9.17, 15) is 10.2 Å². The Morgan fingerprint density at radius 3 is 2.78 bits per heavy atom. The zero-order valence-corrected chi connectivity index (χ0v) is 16.4. The average molecular weight is 370 g/mol. The van der Waals surface area contributed by atoms with E-state index in [1.165, 1.54) is 12.0 Å². The Bertz CT molecular complexity index is 736. The number of aryl methyl sites for hydroxylation is 1. The van der Waals surface area contributed by atoms with Gasteiger partial charge in [-0.1, -0.05) is 30.3 Å². The van der Waals surface area contributed by atoms with Crippen LogP contribution in [0.5, 0.6) is 5.75 Å². The van der Waals surface area contributed by atoms with E-state index in [2.05, 4.69) is 52.2 Å². The number of aromatic hydroxyl groups is 1. The van der Waals surface area contributed by atoms with Crippen molar-refractivity contribution in [2.24, 2.45) is 0 Å². The summed E-state index contributed by atoms with van der Waals surface area (Å²) in [6.07, 6.45) is 5.11. The minimum absolute atomic E-state index is 0.0993. The summed E-state index contributed by atoms with van der Waals surface area (Å²) in [6, 6.07) is 11.1. The zero-order chi connectivity index (χ0) is 19.2. The first-order valence-electron chi connectivity index (χ1n) is 9.82. The number of aliphatic hydroxyl groups excluding tert-OH is 1. The fourth-order valence-electron chi connectivity index (χ4n) is 3.90. The molecule has 0 saturated carbocycles. The van der Waals surface area contributed by atoms with Crippen LogP contribution < -0.4 is 0 Å². The highest BCUT2D eigenvalue weighted by molar-refractivity contribution is 5.40. The quantitative estimate of drug-likeness (QED) is 0.786. The number of hydrogen-bond donors (Lipinski definition) is 2. The van der Waals surface area contributed by atoms with Crippen molar-refractivity contribution in [3.63, 3.8) is 0 Å². The van der Waals surface area contributed by atoms with Gasteiger partial charge in [0.1, 0.15) is 5.75 Å². The average Bonchev–Trinajstić information content (AvgIpc) is 2.71. The summed E-state index contributed by atoms with van der Waals surface area (Å²) in [5, 5.41) is 20.0. The Kier molecular flexibility index (Phi) is 6.83. The third kappa shape index (κ3) is 5.06. The molecule has 1 atom stereocenters. The van der Waals surface area contributed by atoms with Crippen molar-refractivity contribution in [2.45, 2.75) is 45.4 Å². The van der Waals surface area contributed by atoms with Crippen LogP contribution >= 0.6 is 0 Å². The number of nitrogens with zero attached hydrogens (tertiary/aromatic N) is 3. The molecule has 5 nitrogen and oxygen atoms in total. The molecule has 27 heavy (non-hydrogen) atoms. The van der Waals surface area contributed by atoms with Crippen LogP contribution in [0.4, 0.5) is 0 Å². The van der Waals surface area contributed by atoms with Gasteiger partial charge in [-0.3, -0.25) is 9.88 Å². The molecule has 1 aromatic heterocycles. The zero-order valence-electron chi connectivity index (χ0n) is 16.4. The molecular formula is C22H31N3O2. The number of aromatic nitrogens is 1. The second kappa shape index (κ2) is 9.31. The summed E-state index contributed by atoms with van der Waals surface area (Å²) in [7, 11) is 2.11. The van der Waals surface area contributed by atoms with E-state index >= 15 is 0 Å². The van der Waals surface area contributed by atoms with Gasteiger partial charge in [-0.05, 0) is 45.3 Å². The molecule has 5 heteroatoms. The van der Waals surface area contributed by atoms with Gasteiger partial charge in [0.05, 0.1) is 12.3 Å². The molecule has 0 radical (unpaired) electrons. The molecule has 1 saturated heterocycles. The minimum atomic E-state index is -0.0993. The first-order chi connectivity index (χ1) is 13.1. The Balaban J connectivity index is 1.60. The molecule has 0 spiro atoms. The lowest BCUT2D eigenvalue weighted by molar-refractivity contribution is 0.111. The fraction of sp³-hybridized carbons (Fsp3) is 0.500. The molecule has 0 amide bonds. The number of hydrogen-bond acceptors (Lipinski definition) is 5. The molecule has 1 aliphatic heterocycles. The minimum Gasteiger partial charge on any atom is -0.506 e. The van der Waals surface area contributed by atoms with Crippen molar-refractivity contribution in [1.82, 2.24) is 14.8 Å². The third-order valence-electron chi connectivity index (χ3n) is 5.67. The molecule has 146 valence electrons. The SMILES string of the molecule is Cc1ncc(CO)c(CN(C)[C@H]2CCCN(CCc3ccccc3)C2)c1O. The van der Waals surface area contributed by atoms with Crippen LogP contribution in [-0.2, 0) is 19.6 Å². The van der Waals surface area contributed by atoms with E-state index in [-0.39, 0.29) is 12.4 Å². The molecule has 1 fully saturated rings. The maximum atomic E-state index is 10.4. The van der Waals surface area contributed by atoms with Crippen molar-refractivity contribution in [3.8, 4) is 5.75 Å². The van der Waals surface area contributed by atoms with Crippen LogP contribution in [0.1, 0.15) is 35.2 Å². The molecule has 1 aliphatic rings. The van der Waals surface area contributed by atoms with Gasteiger partial charge in [-0.25, -0.2) is 0 Å². The molecule has 3 rings (SSSR count). The van der Waals surface area contributed by atoms with Crippen molar-refractivity contribution < 1.29 is 10.2 Å². The van der Waals surface area contributed by atoms with Crippen molar-refractivity contribution in [2.75, 3.05) is 26.7 Å². The number of piperidine rings is 1. The summed E-state index contributed by atoms with van der Waals surface area (Å²) >= 11 is 0. The maximum absolute atomic E-state index is 10.4. The van der Waals surface area contributed by atoms with Gasteiger partial charge < -0.3 is 15.1 Å². The first-order valence-corrected chi connectivity index (χ1v) is 9.82. The number of pyridine rings is 1. The molecule has 2 N–H and O–H groups in total. The lowest BCUT2D eigenvalue weighted by Gasteiger charge is -2.38. The number of aliphatic hydroxyl groups is 1. The van der Waals surface area contributed by atoms with Crippen LogP contribution in [0.2, 0.25) is 0 Å². The van der Waals surface area contributed by atoms with E-state index in [1.54, 1.807) is 13.1 Å². The van der Waals surface area contributed by atoms with Gasteiger partial charge in [0.25, 0.3) is 0 Å². The highest BCUT2D eigenvalue weighted by Crippen LogP contribution is 2.27. The summed E-state index contributed by atoms with van der Waals surface area (Å²) in [6.45, 7) is 5.60. The van der Waals surface area contributed by atoms with Crippen molar-refractivity contribution in [1.29, 1.82) is 0 Å². The second-order valence-electron chi connectivity index (χ2n) is 7.60. The number of benzene rings is 1. The fourth-order valence-corrected chi connectivity index (χ4v) is 3.90. The second-order valence-corrected chi connectivity index (χ2v) is 7.60. The normalized spacial score (nSPS) is 18.1. The summed E-state index contributed by atoms with van der Waals surface area (Å²) < 4.78 is 0. The predicted molar refractivity (Wildman–Crippen MR) is 108 cm³/mol. The molecule has 0 bridgehead atoms. The first kappa shape index (κ1) is 19.8. The summed E-state index contributed by atoms with van der Waals surface area (Å²) in [5.74, 6) is 0.213. The van der Waals surface area contributed by atoms with Gasteiger partial charge in [0.2, 0.25) is 0 Å². The maximum Gasteiger partial charge on any atom is 0.141 e. The van der Waals surface area contributed by atoms with Gasteiger partial charge in [0, 0.05) is 43.0 Å². The van der Waals surface area contributed by atoms with Crippen molar-refractivity contribution in [3.05, 3.63) is 58.9 Å². The summed E-state index contributed by atoms with van der Waals surface area (Å²) in [4.78, 5) is 9.01. The van der Waals surface area contributed by atoms with E-state index in [0.29, 0.717) is 23.8 Å². The molecule has 0 unspecified atom stereocenters. The Morgan fingerprint density at radius 1 is 1.26 bits per heavy atom. The highest BCUT2D eigenvalue weighted by Gasteiger charge is 2.24. The molecular weight excluding hydrogens is 338 g/mol. The molecule has 1 aromatic carbocycles. The molecule has 0 aliphatic carbocycles. The Labute approximate surface area is 162 Å². The van der Waals surface area contributed by atoms with Gasteiger partial charge in [-0.15, -0.1) is 0 Å². The third-order valence-corrected chi connectivity index (χ3v) is 5.67. The Hall–Kier alpha value is -1.95. The monoisotopic (exact) mass is 369 g/mol. The smallest absolute Gasteiger partial charge is 0.141 e. The molecule has 2 heterocycles. The van der Waals surface area contributed by atoms with Gasteiger partial charge in [-0.2, -0.15) is 0 Å². The standard InChI is InChI=1S/C22H31N3O2/c1-17-22(27)21(19(16-26)13-23-17)15-24(2)20-9-6-11-25(14-20)12-10-18-7-4-3-5-8-18/h3-5,7-8,13,20,26-27H,6,9-12,14-16H2,1-2H3/t20-/m0/s1. The van der Waals surface area contributed by atoms with Gasteiger partial charge in [0.15, 0.2) is 0 Å². The van der Waals surface area contributed by atoms with Gasteiger partial charge >= 0.3 is 0 Å². The van der Waals surface area contributed by atoms with Crippen molar-refractivity contribution >= 4 is 0 Å². The van der Waals surface area contributed by atoms with E-state index in [4.69, 9.17) is 0 Å². The van der Waals surface area contributed by atoms with Crippen LogP contribution in [0.25, 0.3) is 0 Å². The van der Waals surface area contributed by atoms with E-state index < -0.39 is 0 Å². The van der Waals surface area contributed by atoms with Crippen LogP contribution in [-0.4, -0.2) is 57.7 Å². The summed E-state index contributed by atoms with van der Waals surface area (Å²) in [5.41, 5.74) is 3.51. The topological polar surface area (TPSA) is 59.8 Å². The van der Waals surface area contributed by atoms with Crippen LogP contribution in [0.3, 0.4) is 0 Å². The van der Waals surface area contributed by atoms with E-state index in [0.717, 1.165) is 38.0 Å². The largest absolute Gasteiger partial charge is 0.506 e. The lowest BCUT2D eigenvalue weighted by atomic mass is 10.0. The number of rotatable bonds is 7. The number of likely N-dealkylation sites (N-methyl/N-ethyl adjacent to an activating group) is 1. The Morgan fingerprint density at radius 2 is 2.04 bits per heavy atom. The van der Waals surface area contributed by atoms with Crippen LogP contribution in [0.15, 0.2) is 36.5 Å². The molecule has 2 aromatic rings. The predicted octanol–water partition coefficient (Wildman–Crippen LogP) is 2.73. The van der Waals surface area contributed by atoms with Crippen LogP contribution in [0, 0.1) is 6.92 Å². The highest BCUT2D eigenvalue weighted by atomic mass is 16.3. The number of likely N-dealkylation sites (tertiary alicyclic amines) is 1. The van der Waals surface area contributed by atoms with E-state index in [1.807, 2.05) is 0 Å².